The smallest absolute Gasteiger partial charge is 0.186 e. The highest BCUT2D eigenvalue weighted by Crippen LogP contribution is 1.90. The number of alkyl halides is 2. The molecule has 0 N–H and O–H groups in total. The van der Waals surface area contributed by atoms with E-state index in [4.69, 9.17) is 23.2 Å². The van der Waals surface area contributed by atoms with Crippen molar-refractivity contribution in [2.45, 2.75) is 12.8 Å². The number of rotatable bonds is 8. The van der Waals surface area contributed by atoms with E-state index >= 15 is 0 Å². The van der Waals surface area contributed by atoms with Gasteiger partial charge in [-0.05, 0) is 0 Å². The molecule has 0 aromatic heterocycles. The molecule has 0 aliphatic heterocycles. The summed E-state index contributed by atoms with van der Waals surface area (Å²) in [6, 6.07) is 0. The molecule has 0 fully saturated rings. The molecule has 0 atom stereocenters. The Morgan fingerprint density at radius 3 is 1.75 bits per heavy atom. The quantitative estimate of drug-likeness (QED) is 0.354. The van der Waals surface area contributed by atoms with Crippen LogP contribution in [-0.2, 0) is 9.68 Å². The van der Waals surface area contributed by atoms with Crippen LogP contribution in [0.4, 0.5) is 0 Å². The fraction of sp³-hybridized carbons (Fsp3) is 1.00. The Balaban J connectivity index is 3.10. The molecule has 0 aromatic carbocycles. The molecule has 0 rings (SSSR count). The molecule has 0 heterocycles. The van der Waals surface area contributed by atoms with Gasteiger partial charge in [-0.1, -0.05) is 0 Å². The second-order valence-corrected chi connectivity index (χ2v) is 2.73. The summed E-state index contributed by atoms with van der Waals surface area (Å²) < 4.78 is 0. The van der Waals surface area contributed by atoms with Crippen LogP contribution < -0.4 is 0 Å². The lowest BCUT2D eigenvalue weighted by Gasteiger charge is -1.92. The van der Waals surface area contributed by atoms with Gasteiger partial charge in [-0.25, -0.2) is 0 Å². The minimum Gasteiger partial charge on any atom is -0.186 e. The summed E-state index contributed by atoms with van der Waals surface area (Å²) in [5.41, 5.74) is 0. The van der Waals surface area contributed by atoms with Crippen molar-refractivity contribution < 1.29 is 14.8 Å². The van der Waals surface area contributed by atoms with E-state index in [2.05, 4.69) is 9.68 Å². The van der Waals surface area contributed by atoms with Gasteiger partial charge in [0.15, 0.2) is 13.2 Å². The average molecular weight is 217 g/mol. The first kappa shape index (κ1) is 11.8. The average Bonchev–Trinajstić information content (AvgIpc) is 2.06. The van der Waals surface area contributed by atoms with Gasteiger partial charge in [-0.3, -0.25) is 0 Å². The molecule has 6 heteroatoms. The van der Waals surface area contributed by atoms with Gasteiger partial charge in [0.05, 0.1) is 0 Å². The van der Waals surface area contributed by atoms with Crippen LogP contribution in [0.5, 0.6) is 0 Å². The Morgan fingerprint density at radius 1 is 1.00 bits per heavy atom. The zero-order chi connectivity index (χ0) is 9.23. The monoisotopic (exact) mass is 216 g/mol. The fourth-order valence-electron chi connectivity index (χ4n) is 0.425. The van der Waals surface area contributed by atoms with Crippen molar-refractivity contribution in [3.05, 3.63) is 4.91 Å². The summed E-state index contributed by atoms with van der Waals surface area (Å²) in [5, 5.41) is 0.0963. The van der Waals surface area contributed by atoms with Crippen LogP contribution in [0.15, 0.2) is 0 Å². The van der Waals surface area contributed by atoms with Crippen LogP contribution in [0.2, 0.25) is 0 Å². The second-order valence-electron chi connectivity index (χ2n) is 1.98. The van der Waals surface area contributed by atoms with Gasteiger partial charge in [-0.15, -0.1) is 23.2 Å². The van der Waals surface area contributed by atoms with E-state index in [-0.39, 0.29) is 18.3 Å². The van der Waals surface area contributed by atoms with Crippen molar-refractivity contribution in [2.75, 3.05) is 25.0 Å². The molecule has 0 bridgehead atoms. The molecular formula is C6H12Cl2NO3+. The SMILES string of the molecule is O=[N+](OCCCCl)OCCCCl. The Bertz CT molecular complexity index is 111. The first-order valence-electron chi connectivity index (χ1n) is 3.66. The molecule has 0 aromatic rings. The van der Waals surface area contributed by atoms with Crippen LogP contribution in [0.1, 0.15) is 12.8 Å². The molecule has 0 aliphatic rings. The lowest BCUT2D eigenvalue weighted by atomic mass is 10.5. The van der Waals surface area contributed by atoms with Crippen molar-refractivity contribution in [1.29, 1.82) is 0 Å². The topological polar surface area (TPSA) is 38.5 Å². The van der Waals surface area contributed by atoms with Crippen molar-refractivity contribution in [2.24, 2.45) is 0 Å². The maximum absolute atomic E-state index is 10.6. The molecule has 12 heavy (non-hydrogen) atoms. The van der Waals surface area contributed by atoms with Gasteiger partial charge in [0.2, 0.25) is 0 Å². The first-order chi connectivity index (χ1) is 5.81. The highest BCUT2D eigenvalue weighted by atomic mass is 35.5. The van der Waals surface area contributed by atoms with Gasteiger partial charge in [0.1, 0.15) is 4.91 Å². The van der Waals surface area contributed by atoms with Crippen LogP contribution in [0, 0.1) is 4.91 Å². The lowest BCUT2D eigenvalue weighted by Crippen LogP contribution is -2.12. The number of nitrogens with zero attached hydrogens (tertiary/aromatic N) is 1. The molecule has 0 amide bonds. The van der Waals surface area contributed by atoms with E-state index in [1.807, 2.05) is 0 Å². The van der Waals surface area contributed by atoms with Crippen molar-refractivity contribution in [3.63, 3.8) is 0 Å². The number of hydrogen-bond donors (Lipinski definition) is 0. The van der Waals surface area contributed by atoms with E-state index in [0.717, 1.165) is 0 Å². The summed E-state index contributed by atoms with van der Waals surface area (Å²) in [6.45, 7) is 0.543. The van der Waals surface area contributed by atoms with Crippen molar-refractivity contribution >= 4 is 23.2 Å². The minimum absolute atomic E-state index is 0.0963. The van der Waals surface area contributed by atoms with Crippen LogP contribution in [-0.4, -0.2) is 30.1 Å². The summed E-state index contributed by atoms with van der Waals surface area (Å²) in [4.78, 5) is 19.7. The largest absolute Gasteiger partial charge is 0.477 e. The van der Waals surface area contributed by atoms with Crippen LogP contribution in [0.25, 0.3) is 0 Å². The Kier molecular flexibility index (Phi) is 8.71. The standard InChI is InChI=1S/C6H12Cl2NO3/c7-3-1-5-11-9(10)12-6-2-4-8/h1-6H2/q+1. The zero-order valence-corrected chi connectivity index (χ0v) is 8.18. The third-order valence-electron chi connectivity index (χ3n) is 0.949. The molecule has 0 saturated heterocycles. The predicted molar refractivity (Wildman–Crippen MR) is 46.2 cm³/mol. The van der Waals surface area contributed by atoms with Gasteiger partial charge in [0, 0.05) is 24.6 Å². The summed E-state index contributed by atoms with van der Waals surface area (Å²) in [5.74, 6) is 0.936. The van der Waals surface area contributed by atoms with Crippen LogP contribution >= 0.6 is 23.2 Å². The molecule has 0 unspecified atom stereocenters. The molecule has 72 valence electrons. The van der Waals surface area contributed by atoms with E-state index in [9.17, 15) is 4.91 Å². The van der Waals surface area contributed by atoms with E-state index in [1.165, 1.54) is 0 Å². The van der Waals surface area contributed by atoms with Gasteiger partial charge >= 0.3 is 5.09 Å². The Labute approximate surface area is 81.2 Å². The first-order valence-corrected chi connectivity index (χ1v) is 4.73. The van der Waals surface area contributed by atoms with Crippen molar-refractivity contribution in [1.82, 2.24) is 0 Å². The maximum atomic E-state index is 10.6. The number of hydrogen-bond acceptors (Lipinski definition) is 3. The molecular weight excluding hydrogens is 205 g/mol. The van der Waals surface area contributed by atoms with E-state index in [1.54, 1.807) is 0 Å². The van der Waals surface area contributed by atoms with E-state index < -0.39 is 0 Å². The third-order valence-corrected chi connectivity index (χ3v) is 1.48. The summed E-state index contributed by atoms with van der Waals surface area (Å²) in [7, 11) is 0. The maximum Gasteiger partial charge on any atom is 0.477 e. The highest BCUT2D eigenvalue weighted by Gasteiger charge is 2.10. The minimum atomic E-state index is 0.0963. The molecule has 4 nitrogen and oxygen atoms in total. The number of halogens is 2. The Hall–Kier alpha value is -0.220. The molecule has 0 spiro atoms. The van der Waals surface area contributed by atoms with Crippen molar-refractivity contribution in [3.8, 4) is 0 Å². The summed E-state index contributed by atoms with van der Waals surface area (Å²) in [6.07, 6.45) is 1.25. The van der Waals surface area contributed by atoms with Gasteiger partial charge in [0.25, 0.3) is 0 Å². The van der Waals surface area contributed by atoms with Crippen LogP contribution in [0.3, 0.4) is 0 Å². The van der Waals surface area contributed by atoms with Gasteiger partial charge < -0.3 is 0 Å². The predicted octanol–water partition coefficient (Wildman–Crippen LogP) is 1.89. The normalized spacial score (nSPS) is 9.50. The summed E-state index contributed by atoms with van der Waals surface area (Å²) >= 11 is 10.7. The lowest BCUT2D eigenvalue weighted by molar-refractivity contribution is -0.981. The second kappa shape index (κ2) is 8.87. The fourth-order valence-corrected chi connectivity index (χ4v) is 0.643. The molecule has 0 radical (unpaired) electrons. The highest BCUT2D eigenvalue weighted by molar-refractivity contribution is 6.18. The zero-order valence-electron chi connectivity index (χ0n) is 6.67. The third kappa shape index (κ3) is 7.88. The molecule has 0 aliphatic carbocycles. The van der Waals surface area contributed by atoms with Gasteiger partial charge in [-0.2, -0.15) is 9.68 Å². The molecule has 0 saturated carbocycles. The Morgan fingerprint density at radius 2 is 1.42 bits per heavy atom. The van der Waals surface area contributed by atoms with E-state index in [0.29, 0.717) is 24.6 Å².